The fraction of sp³-hybridized carbons (Fsp3) is 0.667. The molecule has 2 aliphatic rings. The van der Waals surface area contributed by atoms with Crippen molar-refractivity contribution in [2.24, 2.45) is 16.7 Å². The maximum absolute atomic E-state index is 5.34. The molecule has 0 aromatic heterocycles. The molecule has 2 bridgehead atoms. The number of benzene rings is 1. The standard InChI is InChI=1S/C18H27NO/c1-12-10-14(6-7-15(12)20-5)19-16-11-13-8-9-18(16,4)17(13,2)3/h6-7,10,13,16,19H,8-9,11H2,1-5H3. The summed E-state index contributed by atoms with van der Waals surface area (Å²) in [5.74, 6) is 1.85. The van der Waals surface area contributed by atoms with Crippen molar-refractivity contribution in [1.82, 2.24) is 0 Å². The van der Waals surface area contributed by atoms with Crippen LogP contribution in [0.3, 0.4) is 0 Å². The minimum Gasteiger partial charge on any atom is -0.496 e. The molecule has 0 amide bonds. The number of anilines is 1. The van der Waals surface area contributed by atoms with E-state index in [-0.39, 0.29) is 0 Å². The molecule has 3 atom stereocenters. The summed E-state index contributed by atoms with van der Waals surface area (Å²) in [7, 11) is 1.73. The molecule has 3 unspecified atom stereocenters. The second-order valence-corrected chi connectivity index (χ2v) is 7.49. The van der Waals surface area contributed by atoms with Gasteiger partial charge in [-0.15, -0.1) is 0 Å². The molecule has 110 valence electrons. The Morgan fingerprint density at radius 2 is 2.00 bits per heavy atom. The summed E-state index contributed by atoms with van der Waals surface area (Å²) < 4.78 is 5.34. The van der Waals surface area contributed by atoms with E-state index in [0.29, 0.717) is 16.9 Å². The molecule has 2 saturated carbocycles. The van der Waals surface area contributed by atoms with Gasteiger partial charge in [-0.1, -0.05) is 20.8 Å². The lowest BCUT2D eigenvalue weighted by Crippen LogP contribution is -2.40. The predicted molar refractivity (Wildman–Crippen MR) is 84.4 cm³/mol. The van der Waals surface area contributed by atoms with Crippen LogP contribution in [0, 0.1) is 23.7 Å². The second-order valence-electron chi connectivity index (χ2n) is 7.49. The number of nitrogens with one attached hydrogen (secondary N) is 1. The van der Waals surface area contributed by atoms with Crippen molar-refractivity contribution in [2.45, 2.75) is 53.0 Å². The zero-order valence-corrected chi connectivity index (χ0v) is 13.4. The third-order valence-electron chi connectivity index (χ3n) is 6.53. The molecular formula is C18H27NO. The van der Waals surface area contributed by atoms with Crippen molar-refractivity contribution in [3.8, 4) is 5.75 Å². The molecule has 0 aliphatic heterocycles. The summed E-state index contributed by atoms with van der Waals surface area (Å²) in [6.45, 7) is 9.52. The van der Waals surface area contributed by atoms with Gasteiger partial charge in [-0.25, -0.2) is 0 Å². The highest BCUT2D eigenvalue weighted by Gasteiger charge is 2.61. The quantitative estimate of drug-likeness (QED) is 0.867. The Hall–Kier alpha value is -1.18. The number of methoxy groups -OCH3 is 1. The maximum Gasteiger partial charge on any atom is 0.121 e. The van der Waals surface area contributed by atoms with E-state index in [2.05, 4.69) is 51.2 Å². The molecule has 0 spiro atoms. The van der Waals surface area contributed by atoms with Crippen molar-refractivity contribution in [1.29, 1.82) is 0 Å². The molecule has 2 nitrogen and oxygen atoms in total. The van der Waals surface area contributed by atoms with Crippen LogP contribution in [0.15, 0.2) is 18.2 Å². The van der Waals surface area contributed by atoms with Crippen LogP contribution in [-0.2, 0) is 0 Å². The van der Waals surface area contributed by atoms with Gasteiger partial charge < -0.3 is 10.1 Å². The van der Waals surface area contributed by atoms with E-state index in [9.17, 15) is 0 Å². The Morgan fingerprint density at radius 3 is 2.50 bits per heavy atom. The normalized spacial score (nSPS) is 34.2. The highest BCUT2D eigenvalue weighted by atomic mass is 16.5. The number of rotatable bonds is 3. The van der Waals surface area contributed by atoms with Crippen molar-refractivity contribution < 1.29 is 4.74 Å². The van der Waals surface area contributed by atoms with Crippen LogP contribution >= 0.6 is 0 Å². The average molecular weight is 273 g/mol. The van der Waals surface area contributed by atoms with Gasteiger partial charge >= 0.3 is 0 Å². The number of hydrogen-bond acceptors (Lipinski definition) is 2. The number of hydrogen-bond donors (Lipinski definition) is 1. The van der Waals surface area contributed by atoms with E-state index in [0.717, 1.165) is 11.7 Å². The van der Waals surface area contributed by atoms with E-state index >= 15 is 0 Å². The molecule has 2 heteroatoms. The van der Waals surface area contributed by atoms with Crippen molar-refractivity contribution in [3.05, 3.63) is 23.8 Å². The molecular weight excluding hydrogens is 246 g/mol. The van der Waals surface area contributed by atoms with Crippen LogP contribution in [0.25, 0.3) is 0 Å². The first kappa shape index (κ1) is 13.8. The first-order valence-corrected chi connectivity index (χ1v) is 7.79. The van der Waals surface area contributed by atoms with Gasteiger partial charge in [0.2, 0.25) is 0 Å². The fourth-order valence-corrected chi connectivity index (χ4v) is 4.59. The summed E-state index contributed by atoms with van der Waals surface area (Å²) in [4.78, 5) is 0. The molecule has 2 aliphatic carbocycles. The van der Waals surface area contributed by atoms with Gasteiger partial charge in [-0.2, -0.15) is 0 Å². The summed E-state index contributed by atoms with van der Waals surface area (Å²) in [5.41, 5.74) is 3.32. The molecule has 3 rings (SSSR count). The highest BCUT2D eigenvalue weighted by Crippen LogP contribution is 2.65. The van der Waals surface area contributed by atoms with Gasteiger partial charge in [-0.05, 0) is 66.7 Å². The van der Waals surface area contributed by atoms with Gasteiger partial charge in [0.15, 0.2) is 0 Å². The van der Waals surface area contributed by atoms with E-state index < -0.39 is 0 Å². The Balaban J connectivity index is 1.81. The average Bonchev–Trinajstić information content (AvgIpc) is 2.72. The summed E-state index contributed by atoms with van der Waals surface area (Å²) in [6, 6.07) is 7.03. The minimum absolute atomic E-state index is 0.422. The lowest BCUT2D eigenvalue weighted by Gasteiger charge is -2.40. The smallest absolute Gasteiger partial charge is 0.121 e. The van der Waals surface area contributed by atoms with Crippen LogP contribution < -0.4 is 10.1 Å². The Labute approximate surface area is 122 Å². The molecule has 1 N–H and O–H groups in total. The van der Waals surface area contributed by atoms with E-state index in [4.69, 9.17) is 4.74 Å². The lowest BCUT2D eigenvalue weighted by molar-refractivity contribution is 0.142. The number of ether oxygens (including phenoxy) is 1. The van der Waals surface area contributed by atoms with Crippen LogP contribution in [0.5, 0.6) is 5.75 Å². The van der Waals surface area contributed by atoms with Crippen LogP contribution in [0.1, 0.15) is 45.6 Å². The van der Waals surface area contributed by atoms with Gasteiger partial charge in [0.05, 0.1) is 7.11 Å². The largest absolute Gasteiger partial charge is 0.496 e. The highest BCUT2D eigenvalue weighted by molar-refractivity contribution is 5.52. The van der Waals surface area contributed by atoms with Crippen LogP contribution in [0.4, 0.5) is 5.69 Å². The van der Waals surface area contributed by atoms with Crippen molar-refractivity contribution in [2.75, 3.05) is 12.4 Å². The number of aryl methyl sites for hydroxylation is 1. The molecule has 1 aromatic carbocycles. The van der Waals surface area contributed by atoms with E-state index in [1.807, 2.05) is 0 Å². The summed E-state index contributed by atoms with van der Waals surface area (Å²) in [5, 5.41) is 3.80. The van der Waals surface area contributed by atoms with Gasteiger partial charge in [0.1, 0.15) is 5.75 Å². The molecule has 2 fully saturated rings. The molecule has 20 heavy (non-hydrogen) atoms. The van der Waals surface area contributed by atoms with E-state index in [1.54, 1.807) is 7.11 Å². The maximum atomic E-state index is 5.34. The Bertz CT molecular complexity index is 522. The first-order chi connectivity index (χ1) is 9.38. The third kappa shape index (κ3) is 1.77. The second kappa shape index (κ2) is 4.41. The van der Waals surface area contributed by atoms with Gasteiger partial charge in [0.25, 0.3) is 0 Å². The zero-order valence-electron chi connectivity index (χ0n) is 13.4. The SMILES string of the molecule is COc1ccc(NC2CC3CCC2(C)C3(C)C)cc1C. The topological polar surface area (TPSA) is 21.3 Å². The third-order valence-corrected chi connectivity index (χ3v) is 6.53. The summed E-state index contributed by atoms with van der Waals surface area (Å²) >= 11 is 0. The molecule has 0 saturated heterocycles. The van der Waals surface area contributed by atoms with Crippen LogP contribution in [-0.4, -0.2) is 13.2 Å². The minimum atomic E-state index is 0.422. The van der Waals surface area contributed by atoms with Crippen molar-refractivity contribution >= 4 is 5.69 Å². The molecule has 0 radical (unpaired) electrons. The van der Waals surface area contributed by atoms with E-state index in [1.165, 1.54) is 30.5 Å². The molecule has 1 aromatic rings. The predicted octanol–water partition coefficient (Wildman–Crippen LogP) is 4.63. The van der Waals surface area contributed by atoms with Crippen LogP contribution in [0.2, 0.25) is 0 Å². The molecule has 0 heterocycles. The lowest BCUT2D eigenvalue weighted by atomic mass is 9.69. The van der Waals surface area contributed by atoms with Gasteiger partial charge in [0, 0.05) is 11.7 Å². The first-order valence-electron chi connectivity index (χ1n) is 7.79. The number of fused-ring (bicyclic) bond motifs is 2. The zero-order chi connectivity index (χ0) is 14.5. The fourth-order valence-electron chi connectivity index (χ4n) is 4.59. The Kier molecular flexibility index (Phi) is 3.04. The Morgan fingerprint density at radius 1 is 1.25 bits per heavy atom. The van der Waals surface area contributed by atoms with Crippen molar-refractivity contribution in [3.63, 3.8) is 0 Å². The van der Waals surface area contributed by atoms with Gasteiger partial charge in [-0.3, -0.25) is 0 Å². The summed E-state index contributed by atoms with van der Waals surface area (Å²) in [6.07, 6.45) is 4.08. The monoisotopic (exact) mass is 273 g/mol.